The van der Waals surface area contributed by atoms with E-state index in [1.165, 1.54) is 0 Å². The van der Waals surface area contributed by atoms with Crippen LogP contribution in [0.5, 0.6) is 0 Å². The minimum Gasteiger partial charge on any atom is -0.303 e. The molecule has 0 radical (unpaired) electrons. The summed E-state index contributed by atoms with van der Waals surface area (Å²) in [4.78, 5) is 0. The summed E-state index contributed by atoms with van der Waals surface area (Å²) in [6.07, 6.45) is 0.481. The summed E-state index contributed by atoms with van der Waals surface area (Å²) in [6, 6.07) is 0.572. The Kier molecular flexibility index (Phi) is 1.86. The number of nitrogens with one attached hydrogen (secondary N) is 4. The van der Waals surface area contributed by atoms with E-state index >= 15 is 0 Å². The van der Waals surface area contributed by atoms with Crippen molar-refractivity contribution in [3.05, 3.63) is 0 Å². The molecule has 0 saturated carbocycles. The molecule has 58 valence electrons. The SMILES string of the molecule is C1NCC(C2NCCN2)N1. The van der Waals surface area contributed by atoms with Gasteiger partial charge in [0.2, 0.25) is 0 Å². The highest BCUT2D eigenvalue weighted by Gasteiger charge is 2.25. The molecule has 4 nitrogen and oxygen atoms in total. The lowest BCUT2D eigenvalue weighted by molar-refractivity contribution is 0.431. The van der Waals surface area contributed by atoms with Gasteiger partial charge in [-0.25, -0.2) is 0 Å². The van der Waals surface area contributed by atoms with E-state index in [1.54, 1.807) is 0 Å². The number of hydrogen-bond acceptors (Lipinski definition) is 4. The summed E-state index contributed by atoms with van der Waals surface area (Å²) in [5.74, 6) is 0. The molecule has 2 aliphatic rings. The van der Waals surface area contributed by atoms with Crippen LogP contribution in [0.15, 0.2) is 0 Å². The van der Waals surface area contributed by atoms with E-state index in [1.807, 2.05) is 0 Å². The van der Waals surface area contributed by atoms with E-state index in [-0.39, 0.29) is 0 Å². The maximum absolute atomic E-state index is 3.38. The lowest BCUT2D eigenvalue weighted by atomic mass is 10.2. The third-order valence-corrected chi connectivity index (χ3v) is 2.11. The van der Waals surface area contributed by atoms with E-state index in [9.17, 15) is 0 Å². The lowest BCUT2D eigenvalue weighted by Gasteiger charge is -2.17. The fourth-order valence-electron chi connectivity index (χ4n) is 1.55. The zero-order chi connectivity index (χ0) is 6.81. The molecule has 4 heteroatoms. The normalized spacial score (nSPS) is 35.4. The largest absolute Gasteiger partial charge is 0.303 e. The Hall–Kier alpha value is -0.160. The van der Waals surface area contributed by atoms with Gasteiger partial charge in [-0.05, 0) is 0 Å². The highest BCUT2D eigenvalue weighted by Crippen LogP contribution is 1.96. The van der Waals surface area contributed by atoms with Gasteiger partial charge in [0, 0.05) is 32.3 Å². The third-order valence-electron chi connectivity index (χ3n) is 2.11. The predicted octanol–water partition coefficient (Wildman–Crippen LogP) is -1.98. The second kappa shape index (κ2) is 2.84. The topological polar surface area (TPSA) is 48.1 Å². The van der Waals surface area contributed by atoms with Crippen molar-refractivity contribution in [2.75, 3.05) is 26.3 Å². The lowest BCUT2D eigenvalue weighted by Crippen LogP contribution is -2.49. The molecule has 4 N–H and O–H groups in total. The van der Waals surface area contributed by atoms with E-state index in [2.05, 4.69) is 21.3 Å². The first kappa shape index (κ1) is 6.54. The van der Waals surface area contributed by atoms with Crippen molar-refractivity contribution in [1.82, 2.24) is 21.3 Å². The van der Waals surface area contributed by atoms with Crippen LogP contribution in [0.25, 0.3) is 0 Å². The van der Waals surface area contributed by atoms with Crippen molar-refractivity contribution in [2.45, 2.75) is 12.2 Å². The quantitative estimate of drug-likeness (QED) is 0.343. The second-order valence-electron chi connectivity index (χ2n) is 2.83. The average Bonchev–Trinajstić information content (AvgIpc) is 2.59. The van der Waals surface area contributed by atoms with Gasteiger partial charge in [-0.2, -0.15) is 0 Å². The Balaban J connectivity index is 1.85. The summed E-state index contributed by atoms with van der Waals surface area (Å²) in [5.41, 5.74) is 0. The number of rotatable bonds is 1. The van der Waals surface area contributed by atoms with Gasteiger partial charge in [0.15, 0.2) is 0 Å². The molecule has 2 aliphatic heterocycles. The van der Waals surface area contributed by atoms with Crippen molar-refractivity contribution in [1.29, 1.82) is 0 Å². The molecule has 0 bridgehead atoms. The summed E-state index contributed by atoms with van der Waals surface area (Å²) in [5, 5.41) is 13.4. The van der Waals surface area contributed by atoms with E-state index in [0.717, 1.165) is 26.3 Å². The second-order valence-corrected chi connectivity index (χ2v) is 2.83. The van der Waals surface area contributed by atoms with E-state index in [0.29, 0.717) is 12.2 Å². The fourth-order valence-corrected chi connectivity index (χ4v) is 1.55. The van der Waals surface area contributed by atoms with Gasteiger partial charge in [0.1, 0.15) is 0 Å². The van der Waals surface area contributed by atoms with Gasteiger partial charge in [-0.1, -0.05) is 0 Å². The molecule has 1 unspecified atom stereocenters. The minimum atomic E-state index is 0.481. The van der Waals surface area contributed by atoms with Gasteiger partial charge in [-0.15, -0.1) is 0 Å². The van der Waals surface area contributed by atoms with Crippen LogP contribution in [0.3, 0.4) is 0 Å². The first-order valence-corrected chi connectivity index (χ1v) is 3.88. The smallest absolute Gasteiger partial charge is 0.0743 e. The standard InChI is InChI=1S/C6H14N4/c1-2-9-6(8-1)5-3-7-4-10-5/h5-10H,1-4H2. The Morgan fingerprint density at radius 3 is 2.40 bits per heavy atom. The summed E-state index contributed by atoms with van der Waals surface area (Å²) in [7, 11) is 0. The minimum absolute atomic E-state index is 0.481. The molecule has 2 rings (SSSR count). The number of hydrogen-bond donors (Lipinski definition) is 4. The average molecular weight is 142 g/mol. The Bertz CT molecular complexity index is 90.3. The first-order chi connectivity index (χ1) is 4.97. The molecule has 2 heterocycles. The van der Waals surface area contributed by atoms with Crippen molar-refractivity contribution < 1.29 is 0 Å². The molecule has 0 aromatic heterocycles. The molecular weight excluding hydrogens is 128 g/mol. The van der Waals surface area contributed by atoms with Gasteiger partial charge >= 0.3 is 0 Å². The molecule has 0 aromatic carbocycles. The zero-order valence-corrected chi connectivity index (χ0v) is 5.98. The Morgan fingerprint density at radius 2 is 1.80 bits per heavy atom. The van der Waals surface area contributed by atoms with Crippen LogP contribution in [0, 0.1) is 0 Å². The molecule has 2 fully saturated rings. The summed E-state index contributed by atoms with van der Waals surface area (Å²) in [6.45, 7) is 4.22. The van der Waals surface area contributed by atoms with Crippen molar-refractivity contribution in [3.8, 4) is 0 Å². The first-order valence-electron chi connectivity index (χ1n) is 3.88. The summed E-state index contributed by atoms with van der Waals surface area (Å²) < 4.78 is 0. The van der Waals surface area contributed by atoms with E-state index in [4.69, 9.17) is 0 Å². The zero-order valence-electron chi connectivity index (χ0n) is 5.98. The molecule has 0 amide bonds. The molecule has 1 atom stereocenters. The Labute approximate surface area is 60.8 Å². The van der Waals surface area contributed by atoms with Crippen LogP contribution in [0.1, 0.15) is 0 Å². The van der Waals surface area contributed by atoms with Gasteiger partial charge in [0.05, 0.1) is 6.17 Å². The highest BCUT2D eigenvalue weighted by molar-refractivity contribution is 4.89. The van der Waals surface area contributed by atoms with Gasteiger partial charge in [0.25, 0.3) is 0 Å². The molecule has 2 saturated heterocycles. The van der Waals surface area contributed by atoms with E-state index < -0.39 is 0 Å². The molecule has 0 aromatic rings. The maximum atomic E-state index is 3.38. The molecular formula is C6H14N4. The van der Waals surface area contributed by atoms with Crippen molar-refractivity contribution in [3.63, 3.8) is 0 Å². The molecule has 0 aliphatic carbocycles. The molecule has 0 spiro atoms. The van der Waals surface area contributed by atoms with Gasteiger partial charge < -0.3 is 5.32 Å². The van der Waals surface area contributed by atoms with Crippen LogP contribution >= 0.6 is 0 Å². The monoisotopic (exact) mass is 142 g/mol. The van der Waals surface area contributed by atoms with Crippen LogP contribution in [0.4, 0.5) is 0 Å². The third kappa shape index (κ3) is 1.15. The van der Waals surface area contributed by atoms with Crippen LogP contribution in [-0.2, 0) is 0 Å². The van der Waals surface area contributed by atoms with Crippen LogP contribution in [0.2, 0.25) is 0 Å². The summed E-state index contributed by atoms with van der Waals surface area (Å²) >= 11 is 0. The maximum Gasteiger partial charge on any atom is 0.0743 e. The predicted molar refractivity (Wildman–Crippen MR) is 39.6 cm³/mol. The molecule has 10 heavy (non-hydrogen) atoms. The Morgan fingerprint density at radius 1 is 1.00 bits per heavy atom. The van der Waals surface area contributed by atoms with Crippen molar-refractivity contribution in [2.24, 2.45) is 0 Å². The van der Waals surface area contributed by atoms with Crippen LogP contribution in [-0.4, -0.2) is 38.5 Å². The van der Waals surface area contributed by atoms with Gasteiger partial charge in [-0.3, -0.25) is 16.0 Å². The fraction of sp³-hybridized carbons (Fsp3) is 1.00. The van der Waals surface area contributed by atoms with Crippen molar-refractivity contribution >= 4 is 0 Å². The highest BCUT2D eigenvalue weighted by atomic mass is 15.3. The van der Waals surface area contributed by atoms with Crippen LogP contribution < -0.4 is 21.3 Å².